The maximum absolute atomic E-state index is 4.45. The lowest BCUT2D eigenvalue weighted by Gasteiger charge is -2.36. The molecule has 2 rings (SSSR count). The van der Waals surface area contributed by atoms with Crippen molar-refractivity contribution in [1.29, 1.82) is 0 Å². The number of aromatic nitrogens is 1. The molecule has 1 aromatic heterocycles. The maximum Gasteiger partial charge on any atom is 0.0570 e. The van der Waals surface area contributed by atoms with Gasteiger partial charge >= 0.3 is 0 Å². The smallest absolute Gasteiger partial charge is 0.0570 e. The van der Waals surface area contributed by atoms with Gasteiger partial charge in [-0.05, 0) is 43.7 Å². The zero-order valence-corrected chi connectivity index (χ0v) is 11.9. The van der Waals surface area contributed by atoms with Gasteiger partial charge in [-0.3, -0.25) is 4.98 Å². The molecule has 1 aliphatic carbocycles. The van der Waals surface area contributed by atoms with E-state index < -0.39 is 0 Å². The zero-order valence-electron chi connectivity index (χ0n) is 11.9. The molecule has 1 N–H and O–H groups in total. The van der Waals surface area contributed by atoms with Crippen LogP contribution < -0.4 is 5.32 Å². The van der Waals surface area contributed by atoms with Crippen molar-refractivity contribution in [3.63, 3.8) is 0 Å². The average molecular weight is 246 g/mol. The van der Waals surface area contributed by atoms with Crippen LogP contribution in [0.15, 0.2) is 24.4 Å². The van der Waals surface area contributed by atoms with E-state index in [1.165, 1.54) is 25.7 Å². The van der Waals surface area contributed by atoms with Crippen molar-refractivity contribution in [3.8, 4) is 0 Å². The SMILES string of the molecule is CC(C)C1CCCCC1N[C@H](C)c1ccccn1. The lowest BCUT2D eigenvalue weighted by atomic mass is 9.77. The summed E-state index contributed by atoms with van der Waals surface area (Å²) < 4.78 is 0. The summed E-state index contributed by atoms with van der Waals surface area (Å²) in [6.45, 7) is 6.94. The molecule has 0 saturated heterocycles. The Kier molecular flexibility index (Phi) is 4.76. The van der Waals surface area contributed by atoms with E-state index in [4.69, 9.17) is 0 Å². The molecular formula is C16H26N2. The van der Waals surface area contributed by atoms with Gasteiger partial charge < -0.3 is 5.32 Å². The molecule has 0 amide bonds. The van der Waals surface area contributed by atoms with E-state index >= 15 is 0 Å². The van der Waals surface area contributed by atoms with Gasteiger partial charge in [-0.25, -0.2) is 0 Å². The Morgan fingerprint density at radius 2 is 1.94 bits per heavy atom. The van der Waals surface area contributed by atoms with Crippen LogP contribution in [0.25, 0.3) is 0 Å². The molecule has 100 valence electrons. The van der Waals surface area contributed by atoms with Gasteiger partial charge in [-0.15, -0.1) is 0 Å². The Labute approximate surface area is 111 Å². The van der Waals surface area contributed by atoms with Crippen molar-refractivity contribution in [2.24, 2.45) is 11.8 Å². The largest absolute Gasteiger partial charge is 0.306 e. The number of hydrogen-bond donors (Lipinski definition) is 1. The summed E-state index contributed by atoms with van der Waals surface area (Å²) in [5.74, 6) is 1.60. The summed E-state index contributed by atoms with van der Waals surface area (Å²) in [5.41, 5.74) is 1.16. The quantitative estimate of drug-likeness (QED) is 0.870. The Morgan fingerprint density at radius 1 is 1.17 bits per heavy atom. The second-order valence-electron chi connectivity index (χ2n) is 5.94. The molecule has 2 unspecified atom stereocenters. The van der Waals surface area contributed by atoms with Gasteiger partial charge in [0.1, 0.15) is 0 Å². The third kappa shape index (κ3) is 3.32. The molecule has 0 aliphatic heterocycles. The fourth-order valence-electron chi connectivity index (χ4n) is 3.20. The van der Waals surface area contributed by atoms with E-state index in [0.29, 0.717) is 12.1 Å². The molecule has 1 aliphatic rings. The van der Waals surface area contributed by atoms with Gasteiger partial charge in [0.25, 0.3) is 0 Å². The third-order valence-electron chi connectivity index (χ3n) is 4.27. The lowest BCUT2D eigenvalue weighted by molar-refractivity contribution is 0.194. The molecule has 0 radical (unpaired) electrons. The van der Waals surface area contributed by atoms with Crippen molar-refractivity contribution in [3.05, 3.63) is 30.1 Å². The molecule has 0 spiro atoms. The van der Waals surface area contributed by atoms with Crippen LogP contribution in [0.2, 0.25) is 0 Å². The van der Waals surface area contributed by atoms with E-state index in [-0.39, 0.29) is 0 Å². The van der Waals surface area contributed by atoms with Crippen molar-refractivity contribution < 1.29 is 0 Å². The van der Waals surface area contributed by atoms with Crippen LogP contribution in [-0.2, 0) is 0 Å². The van der Waals surface area contributed by atoms with Crippen molar-refractivity contribution in [2.45, 2.75) is 58.5 Å². The molecule has 2 heteroatoms. The predicted molar refractivity (Wildman–Crippen MR) is 76.4 cm³/mol. The van der Waals surface area contributed by atoms with Gasteiger partial charge in [0.2, 0.25) is 0 Å². The summed E-state index contributed by atoms with van der Waals surface area (Å²) in [5, 5.41) is 3.80. The summed E-state index contributed by atoms with van der Waals surface area (Å²) >= 11 is 0. The van der Waals surface area contributed by atoms with E-state index in [1.54, 1.807) is 0 Å². The summed E-state index contributed by atoms with van der Waals surface area (Å²) in [4.78, 5) is 4.45. The van der Waals surface area contributed by atoms with Crippen LogP contribution in [-0.4, -0.2) is 11.0 Å². The lowest BCUT2D eigenvalue weighted by Crippen LogP contribution is -2.42. The van der Waals surface area contributed by atoms with Crippen LogP contribution >= 0.6 is 0 Å². The fraction of sp³-hybridized carbons (Fsp3) is 0.688. The molecule has 18 heavy (non-hydrogen) atoms. The van der Waals surface area contributed by atoms with E-state index in [9.17, 15) is 0 Å². The maximum atomic E-state index is 4.45. The average Bonchev–Trinajstić information content (AvgIpc) is 2.40. The first-order chi connectivity index (χ1) is 8.68. The minimum atomic E-state index is 0.357. The van der Waals surface area contributed by atoms with E-state index in [1.807, 2.05) is 12.3 Å². The number of nitrogens with zero attached hydrogens (tertiary/aromatic N) is 1. The van der Waals surface area contributed by atoms with Gasteiger partial charge in [-0.2, -0.15) is 0 Å². The van der Waals surface area contributed by atoms with Crippen LogP contribution in [0.3, 0.4) is 0 Å². The molecule has 1 saturated carbocycles. The molecule has 1 heterocycles. The zero-order chi connectivity index (χ0) is 13.0. The van der Waals surface area contributed by atoms with E-state index in [2.05, 4.69) is 43.2 Å². The Balaban J connectivity index is 1.99. The Bertz CT molecular complexity index is 347. The number of hydrogen-bond acceptors (Lipinski definition) is 2. The highest BCUT2D eigenvalue weighted by Crippen LogP contribution is 2.31. The van der Waals surface area contributed by atoms with Crippen LogP contribution in [0, 0.1) is 11.8 Å². The number of nitrogens with one attached hydrogen (secondary N) is 1. The topological polar surface area (TPSA) is 24.9 Å². The highest BCUT2D eigenvalue weighted by molar-refractivity contribution is 5.08. The number of pyridine rings is 1. The summed E-state index contributed by atoms with van der Waals surface area (Å²) in [6, 6.07) is 7.19. The first kappa shape index (κ1) is 13.5. The van der Waals surface area contributed by atoms with E-state index in [0.717, 1.165) is 17.5 Å². The minimum absolute atomic E-state index is 0.357. The molecule has 0 aromatic carbocycles. The molecule has 1 aromatic rings. The highest BCUT2D eigenvalue weighted by atomic mass is 15.0. The Hall–Kier alpha value is -0.890. The monoisotopic (exact) mass is 246 g/mol. The first-order valence-electron chi connectivity index (χ1n) is 7.35. The standard InChI is InChI=1S/C16H26N2/c1-12(2)14-8-4-5-10-16(14)18-13(3)15-9-6-7-11-17-15/h6-7,9,11-14,16,18H,4-5,8,10H2,1-3H3/t13-,14?,16?/m1/s1. The van der Waals surface area contributed by atoms with Gasteiger partial charge in [-0.1, -0.05) is 32.8 Å². The van der Waals surface area contributed by atoms with Crippen molar-refractivity contribution >= 4 is 0 Å². The highest BCUT2D eigenvalue weighted by Gasteiger charge is 2.28. The van der Waals surface area contributed by atoms with Crippen LogP contribution in [0.1, 0.15) is 58.2 Å². The molecule has 2 nitrogen and oxygen atoms in total. The Morgan fingerprint density at radius 3 is 2.61 bits per heavy atom. The molecule has 1 fully saturated rings. The van der Waals surface area contributed by atoms with Crippen LogP contribution in [0.5, 0.6) is 0 Å². The van der Waals surface area contributed by atoms with Crippen molar-refractivity contribution in [2.75, 3.05) is 0 Å². The normalized spacial score (nSPS) is 26.2. The second kappa shape index (κ2) is 6.33. The van der Waals surface area contributed by atoms with Gasteiger partial charge in [0.05, 0.1) is 5.69 Å². The summed E-state index contributed by atoms with van der Waals surface area (Å²) in [6.07, 6.45) is 7.35. The predicted octanol–water partition coefficient (Wildman–Crippen LogP) is 3.95. The summed E-state index contributed by atoms with van der Waals surface area (Å²) in [7, 11) is 0. The minimum Gasteiger partial charge on any atom is -0.306 e. The number of rotatable bonds is 4. The third-order valence-corrected chi connectivity index (χ3v) is 4.27. The van der Waals surface area contributed by atoms with Crippen molar-refractivity contribution in [1.82, 2.24) is 10.3 Å². The van der Waals surface area contributed by atoms with Gasteiger partial charge in [0.15, 0.2) is 0 Å². The molecule has 3 atom stereocenters. The molecule has 0 bridgehead atoms. The second-order valence-corrected chi connectivity index (χ2v) is 5.94. The van der Waals surface area contributed by atoms with Gasteiger partial charge in [0, 0.05) is 18.3 Å². The molecular weight excluding hydrogens is 220 g/mol. The fourth-order valence-corrected chi connectivity index (χ4v) is 3.20. The first-order valence-corrected chi connectivity index (χ1v) is 7.35. The van der Waals surface area contributed by atoms with Crippen LogP contribution in [0.4, 0.5) is 0 Å².